The van der Waals surface area contributed by atoms with E-state index in [1.54, 1.807) is 6.20 Å². The molecule has 0 fully saturated rings. The molecule has 98 valence electrons. The minimum atomic E-state index is 0.272. The smallest absolute Gasteiger partial charge is 0.231 e. The molecule has 0 aliphatic carbocycles. The summed E-state index contributed by atoms with van der Waals surface area (Å²) in [6.07, 6.45) is 4.53. The second-order valence-corrected chi connectivity index (χ2v) is 4.61. The van der Waals surface area contributed by atoms with Gasteiger partial charge >= 0.3 is 0 Å². The number of hydrogen-bond acceptors (Lipinski definition) is 4. The summed E-state index contributed by atoms with van der Waals surface area (Å²) in [4.78, 5) is 4.15. The van der Waals surface area contributed by atoms with Crippen molar-refractivity contribution in [1.29, 1.82) is 0 Å². The first-order chi connectivity index (χ1) is 9.36. The Balaban J connectivity index is 1.80. The number of nitrogens with two attached hydrogens (primary N) is 1. The van der Waals surface area contributed by atoms with Gasteiger partial charge in [0, 0.05) is 18.3 Å². The van der Waals surface area contributed by atoms with Crippen molar-refractivity contribution in [2.75, 3.05) is 13.3 Å². The topological polar surface area (TPSA) is 57.4 Å². The Kier molecular flexibility index (Phi) is 3.33. The number of rotatable bonds is 4. The third-order valence-corrected chi connectivity index (χ3v) is 3.36. The molecule has 0 amide bonds. The lowest BCUT2D eigenvalue weighted by Crippen LogP contribution is -2.15. The predicted molar refractivity (Wildman–Crippen MR) is 72.3 cm³/mol. The fourth-order valence-electron chi connectivity index (χ4n) is 2.31. The largest absolute Gasteiger partial charge is 0.454 e. The number of benzene rings is 1. The van der Waals surface area contributed by atoms with E-state index in [2.05, 4.69) is 17.1 Å². The lowest BCUT2D eigenvalue weighted by molar-refractivity contribution is 0.174. The van der Waals surface area contributed by atoms with Gasteiger partial charge in [0.1, 0.15) is 0 Å². The van der Waals surface area contributed by atoms with Crippen molar-refractivity contribution in [3.63, 3.8) is 0 Å². The van der Waals surface area contributed by atoms with Gasteiger partial charge < -0.3 is 15.2 Å². The normalized spacial score (nSPS) is 14.4. The Morgan fingerprint density at radius 3 is 2.89 bits per heavy atom. The van der Waals surface area contributed by atoms with E-state index in [9.17, 15) is 0 Å². The first-order valence-corrected chi connectivity index (χ1v) is 6.35. The summed E-state index contributed by atoms with van der Waals surface area (Å²) >= 11 is 0. The molecule has 0 radical (unpaired) electrons. The number of aromatic nitrogens is 1. The fourth-order valence-corrected chi connectivity index (χ4v) is 2.31. The van der Waals surface area contributed by atoms with Crippen LogP contribution in [-0.2, 0) is 6.42 Å². The van der Waals surface area contributed by atoms with E-state index in [1.807, 2.05) is 24.4 Å². The van der Waals surface area contributed by atoms with Crippen molar-refractivity contribution in [2.24, 2.45) is 5.73 Å². The summed E-state index contributed by atoms with van der Waals surface area (Å²) in [6.45, 7) is 0.905. The van der Waals surface area contributed by atoms with Crippen molar-refractivity contribution in [3.8, 4) is 11.5 Å². The minimum absolute atomic E-state index is 0.272. The molecule has 1 aliphatic heterocycles. The van der Waals surface area contributed by atoms with Gasteiger partial charge in [0.05, 0.1) is 0 Å². The predicted octanol–water partition coefficient (Wildman–Crippen LogP) is 2.10. The molecule has 1 unspecified atom stereocenters. The summed E-state index contributed by atoms with van der Waals surface area (Å²) < 4.78 is 10.7. The molecule has 1 aliphatic rings. The Hall–Kier alpha value is -2.07. The van der Waals surface area contributed by atoms with Crippen molar-refractivity contribution >= 4 is 0 Å². The second-order valence-electron chi connectivity index (χ2n) is 4.61. The SMILES string of the molecule is NCC(Cc1ccc2c(c1)OCO2)c1cccnc1. The minimum Gasteiger partial charge on any atom is -0.454 e. The second kappa shape index (κ2) is 5.28. The van der Waals surface area contributed by atoms with Gasteiger partial charge in [-0.05, 0) is 42.3 Å². The van der Waals surface area contributed by atoms with Crippen LogP contribution in [0.3, 0.4) is 0 Å². The molecule has 4 heteroatoms. The summed E-state index contributed by atoms with van der Waals surface area (Å²) in [5, 5.41) is 0. The van der Waals surface area contributed by atoms with Crippen LogP contribution in [0.4, 0.5) is 0 Å². The zero-order valence-corrected chi connectivity index (χ0v) is 10.6. The first-order valence-electron chi connectivity index (χ1n) is 6.35. The molecule has 1 atom stereocenters. The van der Waals surface area contributed by atoms with Gasteiger partial charge in [-0.1, -0.05) is 12.1 Å². The highest BCUT2D eigenvalue weighted by molar-refractivity contribution is 5.44. The molecule has 2 N–H and O–H groups in total. The van der Waals surface area contributed by atoms with Gasteiger partial charge in [0.25, 0.3) is 0 Å². The van der Waals surface area contributed by atoms with Crippen LogP contribution in [0.2, 0.25) is 0 Å². The molecule has 0 spiro atoms. The molecule has 0 saturated heterocycles. The van der Waals surface area contributed by atoms with Crippen LogP contribution in [0.5, 0.6) is 11.5 Å². The Labute approximate surface area is 112 Å². The Morgan fingerprint density at radius 1 is 1.21 bits per heavy atom. The van der Waals surface area contributed by atoms with Crippen LogP contribution in [0.15, 0.2) is 42.7 Å². The van der Waals surface area contributed by atoms with Crippen molar-refractivity contribution < 1.29 is 9.47 Å². The van der Waals surface area contributed by atoms with Gasteiger partial charge in [0.15, 0.2) is 11.5 Å². The van der Waals surface area contributed by atoms with Gasteiger partial charge in [0.2, 0.25) is 6.79 Å². The first kappa shape index (κ1) is 12.0. The monoisotopic (exact) mass is 256 g/mol. The molecule has 0 bridgehead atoms. The molecular weight excluding hydrogens is 240 g/mol. The number of hydrogen-bond donors (Lipinski definition) is 1. The molecule has 2 aromatic rings. The van der Waals surface area contributed by atoms with Crippen molar-refractivity contribution in [2.45, 2.75) is 12.3 Å². The Morgan fingerprint density at radius 2 is 2.11 bits per heavy atom. The van der Waals surface area contributed by atoms with Crippen LogP contribution in [0.1, 0.15) is 17.0 Å². The van der Waals surface area contributed by atoms with Crippen LogP contribution in [-0.4, -0.2) is 18.3 Å². The van der Waals surface area contributed by atoms with E-state index in [0.717, 1.165) is 17.9 Å². The Bertz CT molecular complexity index is 557. The van der Waals surface area contributed by atoms with E-state index in [4.69, 9.17) is 15.2 Å². The summed E-state index contributed by atoms with van der Waals surface area (Å²) in [5.74, 6) is 1.91. The third-order valence-electron chi connectivity index (χ3n) is 3.36. The quantitative estimate of drug-likeness (QED) is 0.910. The van der Waals surface area contributed by atoms with Gasteiger partial charge in [-0.2, -0.15) is 0 Å². The van der Waals surface area contributed by atoms with E-state index >= 15 is 0 Å². The van der Waals surface area contributed by atoms with Gasteiger partial charge in [-0.15, -0.1) is 0 Å². The van der Waals surface area contributed by atoms with Crippen molar-refractivity contribution in [1.82, 2.24) is 4.98 Å². The molecule has 0 saturated carbocycles. The number of pyridine rings is 1. The van der Waals surface area contributed by atoms with E-state index in [1.165, 1.54) is 11.1 Å². The average Bonchev–Trinajstić information content (AvgIpc) is 2.93. The fraction of sp³-hybridized carbons (Fsp3) is 0.267. The molecule has 1 aromatic carbocycles. The van der Waals surface area contributed by atoms with Crippen molar-refractivity contribution in [3.05, 3.63) is 53.9 Å². The van der Waals surface area contributed by atoms with Gasteiger partial charge in [-0.3, -0.25) is 4.98 Å². The maximum absolute atomic E-state index is 5.88. The lowest BCUT2D eigenvalue weighted by Gasteiger charge is -2.15. The van der Waals surface area contributed by atoms with Gasteiger partial charge in [-0.25, -0.2) is 0 Å². The zero-order valence-electron chi connectivity index (χ0n) is 10.6. The third kappa shape index (κ3) is 2.53. The number of ether oxygens (including phenoxy) is 2. The lowest BCUT2D eigenvalue weighted by atomic mass is 9.93. The van der Waals surface area contributed by atoms with Crippen LogP contribution in [0.25, 0.3) is 0 Å². The number of nitrogens with zero attached hydrogens (tertiary/aromatic N) is 1. The highest BCUT2D eigenvalue weighted by atomic mass is 16.7. The maximum Gasteiger partial charge on any atom is 0.231 e. The van der Waals surface area contributed by atoms with E-state index in [-0.39, 0.29) is 5.92 Å². The summed E-state index contributed by atoms with van der Waals surface area (Å²) in [5.41, 5.74) is 8.25. The van der Waals surface area contributed by atoms with Crippen LogP contribution < -0.4 is 15.2 Å². The molecule has 1 aromatic heterocycles. The zero-order chi connectivity index (χ0) is 13.1. The number of fused-ring (bicyclic) bond motifs is 1. The van der Waals surface area contributed by atoms with E-state index in [0.29, 0.717) is 13.3 Å². The highest BCUT2D eigenvalue weighted by Gasteiger charge is 2.16. The molecule has 4 nitrogen and oxygen atoms in total. The van der Waals surface area contributed by atoms with E-state index < -0.39 is 0 Å². The van der Waals surface area contributed by atoms with Crippen LogP contribution in [0, 0.1) is 0 Å². The molecule has 19 heavy (non-hydrogen) atoms. The average molecular weight is 256 g/mol. The summed E-state index contributed by atoms with van der Waals surface area (Å²) in [6, 6.07) is 10.1. The summed E-state index contributed by atoms with van der Waals surface area (Å²) in [7, 11) is 0. The van der Waals surface area contributed by atoms with Crippen LogP contribution >= 0.6 is 0 Å². The molecular formula is C15H16N2O2. The highest BCUT2D eigenvalue weighted by Crippen LogP contribution is 2.33. The standard InChI is InChI=1S/C15H16N2O2/c16-8-13(12-2-1-5-17-9-12)6-11-3-4-14-15(7-11)19-10-18-14/h1-5,7,9,13H,6,8,10,16H2. The maximum atomic E-state index is 5.88. The molecule has 2 heterocycles. The molecule has 3 rings (SSSR count).